The standard InChI is InChI=1S/C15H23NO3/c1-5-7-11(3)15(17)16-13(10-18-4)14-9-8-12(6-2)19-14/h7-9,13H,5-6,10H2,1-4H3,(H,16,17)/b11-7+. The van der Waals surface area contributed by atoms with E-state index >= 15 is 0 Å². The van der Waals surface area contributed by atoms with Gasteiger partial charge in [-0.15, -0.1) is 0 Å². The summed E-state index contributed by atoms with van der Waals surface area (Å²) in [4.78, 5) is 12.0. The Labute approximate surface area is 114 Å². The van der Waals surface area contributed by atoms with Crippen molar-refractivity contribution in [2.75, 3.05) is 13.7 Å². The third-order valence-electron chi connectivity index (χ3n) is 2.88. The van der Waals surface area contributed by atoms with Crippen LogP contribution in [0.3, 0.4) is 0 Å². The van der Waals surface area contributed by atoms with Gasteiger partial charge in [0.2, 0.25) is 5.91 Å². The van der Waals surface area contributed by atoms with Gasteiger partial charge in [0.1, 0.15) is 17.6 Å². The summed E-state index contributed by atoms with van der Waals surface area (Å²) < 4.78 is 10.8. The number of hydrogen-bond acceptors (Lipinski definition) is 3. The van der Waals surface area contributed by atoms with Crippen LogP contribution < -0.4 is 5.32 Å². The van der Waals surface area contributed by atoms with Crippen LogP contribution in [0.4, 0.5) is 0 Å². The molecule has 0 aliphatic rings. The summed E-state index contributed by atoms with van der Waals surface area (Å²) in [5.41, 5.74) is 0.714. The fourth-order valence-electron chi connectivity index (χ4n) is 1.80. The highest BCUT2D eigenvalue weighted by Crippen LogP contribution is 2.18. The van der Waals surface area contributed by atoms with Crippen molar-refractivity contribution < 1.29 is 13.9 Å². The molecule has 0 aromatic carbocycles. The molecule has 4 nitrogen and oxygen atoms in total. The Hall–Kier alpha value is -1.55. The van der Waals surface area contributed by atoms with E-state index in [4.69, 9.17) is 9.15 Å². The largest absolute Gasteiger partial charge is 0.464 e. The monoisotopic (exact) mass is 265 g/mol. The van der Waals surface area contributed by atoms with Crippen molar-refractivity contribution in [1.29, 1.82) is 0 Å². The van der Waals surface area contributed by atoms with Crippen LogP contribution in [0.2, 0.25) is 0 Å². The first-order chi connectivity index (χ1) is 9.12. The fourth-order valence-corrected chi connectivity index (χ4v) is 1.80. The zero-order valence-electron chi connectivity index (χ0n) is 12.2. The first kappa shape index (κ1) is 15.5. The Kier molecular flexibility index (Phi) is 6.36. The van der Waals surface area contributed by atoms with E-state index in [1.165, 1.54) is 0 Å². The molecule has 0 aliphatic heterocycles. The molecule has 19 heavy (non-hydrogen) atoms. The molecule has 1 heterocycles. The number of furan rings is 1. The normalized spacial score (nSPS) is 13.4. The Bertz CT molecular complexity index is 434. The van der Waals surface area contributed by atoms with Gasteiger partial charge < -0.3 is 14.5 Å². The molecule has 0 aliphatic carbocycles. The molecule has 0 bridgehead atoms. The molecule has 1 rings (SSSR count). The van der Waals surface area contributed by atoms with Gasteiger partial charge in [0, 0.05) is 19.1 Å². The quantitative estimate of drug-likeness (QED) is 0.771. The van der Waals surface area contributed by atoms with Crippen molar-refractivity contribution in [2.24, 2.45) is 0 Å². The van der Waals surface area contributed by atoms with Gasteiger partial charge in [-0.1, -0.05) is 19.9 Å². The van der Waals surface area contributed by atoms with Crippen molar-refractivity contribution in [2.45, 2.75) is 39.7 Å². The van der Waals surface area contributed by atoms with Gasteiger partial charge in [-0.25, -0.2) is 0 Å². The lowest BCUT2D eigenvalue weighted by Gasteiger charge is -2.16. The summed E-state index contributed by atoms with van der Waals surface area (Å²) in [6.45, 7) is 6.23. The highest BCUT2D eigenvalue weighted by Gasteiger charge is 2.18. The third kappa shape index (κ3) is 4.56. The molecule has 1 aromatic heterocycles. The molecule has 0 fully saturated rings. The van der Waals surface area contributed by atoms with Crippen LogP contribution in [0.5, 0.6) is 0 Å². The number of nitrogens with one attached hydrogen (secondary N) is 1. The molecule has 1 atom stereocenters. The van der Waals surface area contributed by atoms with E-state index in [9.17, 15) is 4.79 Å². The molecule has 0 spiro atoms. The van der Waals surface area contributed by atoms with Crippen LogP contribution >= 0.6 is 0 Å². The second-order valence-corrected chi connectivity index (χ2v) is 4.43. The van der Waals surface area contributed by atoms with Crippen molar-refractivity contribution in [3.05, 3.63) is 35.3 Å². The zero-order valence-corrected chi connectivity index (χ0v) is 12.2. The Morgan fingerprint density at radius 3 is 2.74 bits per heavy atom. The molecule has 1 aromatic rings. The average Bonchev–Trinajstić information content (AvgIpc) is 2.87. The minimum absolute atomic E-state index is 0.0849. The molecular formula is C15H23NO3. The van der Waals surface area contributed by atoms with Crippen molar-refractivity contribution in [1.82, 2.24) is 5.32 Å². The highest BCUT2D eigenvalue weighted by atomic mass is 16.5. The van der Waals surface area contributed by atoms with Crippen molar-refractivity contribution in [3.63, 3.8) is 0 Å². The van der Waals surface area contributed by atoms with E-state index < -0.39 is 0 Å². The SMILES string of the molecule is CC/C=C(\C)C(=O)NC(COC)c1ccc(CC)o1. The Morgan fingerprint density at radius 1 is 1.47 bits per heavy atom. The molecule has 1 unspecified atom stereocenters. The summed E-state index contributed by atoms with van der Waals surface area (Å²) >= 11 is 0. The van der Waals surface area contributed by atoms with Gasteiger partial charge in [0.15, 0.2) is 0 Å². The van der Waals surface area contributed by atoms with Crippen LogP contribution in [0.25, 0.3) is 0 Å². The summed E-state index contributed by atoms with van der Waals surface area (Å²) in [7, 11) is 1.61. The molecule has 106 valence electrons. The number of hydrogen-bond donors (Lipinski definition) is 1. The number of carbonyl (C=O) groups excluding carboxylic acids is 1. The number of allylic oxidation sites excluding steroid dienone is 1. The summed E-state index contributed by atoms with van der Waals surface area (Å²) in [5, 5.41) is 2.93. The minimum atomic E-state index is -0.252. The first-order valence-electron chi connectivity index (χ1n) is 6.67. The number of carbonyl (C=O) groups is 1. The summed E-state index contributed by atoms with van der Waals surface area (Å²) in [5.74, 6) is 1.56. The lowest BCUT2D eigenvalue weighted by molar-refractivity contribution is -0.118. The van der Waals surface area contributed by atoms with Gasteiger partial charge in [-0.3, -0.25) is 4.79 Å². The topological polar surface area (TPSA) is 51.5 Å². The maximum absolute atomic E-state index is 12.0. The minimum Gasteiger partial charge on any atom is -0.464 e. The third-order valence-corrected chi connectivity index (χ3v) is 2.88. The van der Waals surface area contributed by atoms with Crippen LogP contribution in [-0.4, -0.2) is 19.6 Å². The predicted molar refractivity (Wildman–Crippen MR) is 74.9 cm³/mol. The molecule has 0 saturated carbocycles. The van der Waals surface area contributed by atoms with Gasteiger partial charge in [-0.05, 0) is 25.5 Å². The van der Waals surface area contributed by atoms with Gasteiger partial charge in [0.25, 0.3) is 0 Å². The smallest absolute Gasteiger partial charge is 0.247 e. The van der Waals surface area contributed by atoms with Crippen LogP contribution in [-0.2, 0) is 16.0 Å². The number of ether oxygens (including phenoxy) is 1. The van der Waals surface area contributed by atoms with Crippen LogP contribution in [0.15, 0.2) is 28.2 Å². The Morgan fingerprint density at radius 2 is 2.21 bits per heavy atom. The lowest BCUT2D eigenvalue weighted by Crippen LogP contribution is -2.31. The van der Waals surface area contributed by atoms with E-state index in [0.29, 0.717) is 12.2 Å². The van der Waals surface area contributed by atoms with E-state index in [-0.39, 0.29) is 11.9 Å². The van der Waals surface area contributed by atoms with Gasteiger partial charge in [0.05, 0.1) is 6.61 Å². The number of aryl methyl sites for hydroxylation is 1. The Balaban J connectivity index is 2.77. The number of rotatable bonds is 7. The number of methoxy groups -OCH3 is 1. The average molecular weight is 265 g/mol. The van der Waals surface area contributed by atoms with Crippen LogP contribution in [0, 0.1) is 0 Å². The van der Waals surface area contributed by atoms with Crippen LogP contribution in [0.1, 0.15) is 44.8 Å². The predicted octanol–water partition coefficient (Wildman–Crippen LogP) is 3.00. The molecule has 0 saturated heterocycles. The van der Waals surface area contributed by atoms with Crippen molar-refractivity contribution >= 4 is 5.91 Å². The molecule has 1 N–H and O–H groups in total. The zero-order chi connectivity index (χ0) is 14.3. The van der Waals surface area contributed by atoms with E-state index in [1.54, 1.807) is 7.11 Å². The maximum atomic E-state index is 12.0. The second kappa shape index (κ2) is 7.79. The van der Waals surface area contributed by atoms with E-state index in [1.807, 2.05) is 39.0 Å². The fraction of sp³-hybridized carbons (Fsp3) is 0.533. The molecule has 1 amide bonds. The van der Waals surface area contributed by atoms with Gasteiger partial charge >= 0.3 is 0 Å². The highest BCUT2D eigenvalue weighted by molar-refractivity contribution is 5.92. The molecule has 0 radical (unpaired) electrons. The summed E-state index contributed by atoms with van der Waals surface area (Å²) in [6, 6.07) is 3.57. The second-order valence-electron chi connectivity index (χ2n) is 4.43. The first-order valence-corrected chi connectivity index (χ1v) is 6.67. The number of amides is 1. The van der Waals surface area contributed by atoms with E-state index in [0.717, 1.165) is 24.4 Å². The molecular weight excluding hydrogens is 242 g/mol. The lowest BCUT2D eigenvalue weighted by atomic mass is 10.2. The van der Waals surface area contributed by atoms with Crippen molar-refractivity contribution in [3.8, 4) is 0 Å². The van der Waals surface area contributed by atoms with Gasteiger partial charge in [-0.2, -0.15) is 0 Å². The van der Waals surface area contributed by atoms with E-state index in [2.05, 4.69) is 5.32 Å². The molecule has 4 heteroatoms. The summed E-state index contributed by atoms with van der Waals surface area (Å²) in [6.07, 6.45) is 3.58. The maximum Gasteiger partial charge on any atom is 0.247 e.